The van der Waals surface area contributed by atoms with Crippen LogP contribution in [0.2, 0.25) is 0 Å². The maximum Gasteiger partial charge on any atom is 0.339 e. The molecule has 4 aromatic carbocycles. The summed E-state index contributed by atoms with van der Waals surface area (Å²) in [6, 6.07) is 23.5. The zero-order chi connectivity index (χ0) is 30.2. The number of methoxy groups -OCH3 is 2. The maximum absolute atomic E-state index is 14.0. The van der Waals surface area contributed by atoms with E-state index in [1.165, 1.54) is 49.5 Å². The monoisotopic (exact) mass is 566 g/mol. The summed E-state index contributed by atoms with van der Waals surface area (Å²) in [6.07, 6.45) is 3.24. The quantitative estimate of drug-likeness (QED) is 0.204. The van der Waals surface area contributed by atoms with Gasteiger partial charge in [0.1, 0.15) is 5.82 Å². The number of carbonyl (C=O) groups is 4. The van der Waals surface area contributed by atoms with E-state index in [1.807, 2.05) is 0 Å². The van der Waals surface area contributed by atoms with Gasteiger partial charge in [-0.3, -0.25) is 9.59 Å². The maximum atomic E-state index is 14.0. The molecular weight excluding hydrogens is 539 g/mol. The lowest BCUT2D eigenvalue weighted by Crippen LogP contribution is -2.26. The van der Waals surface area contributed by atoms with Gasteiger partial charge in [-0.15, -0.1) is 0 Å². The largest absolute Gasteiger partial charge is 0.465 e. The Kier molecular flexibility index (Phi) is 9.24. The first-order chi connectivity index (χ1) is 20.2. The van der Waals surface area contributed by atoms with E-state index in [1.54, 1.807) is 79.9 Å². The Labute approximate surface area is 242 Å². The van der Waals surface area contributed by atoms with Gasteiger partial charge in [-0.1, -0.05) is 36.4 Å². The second kappa shape index (κ2) is 13.2. The Hall–Kier alpha value is -5.57. The summed E-state index contributed by atoms with van der Waals surface area (Å²) >= 11 is 0. The zero-order valence-electron chi connectivity index (χ0n) is 23.1. The SMILES string of the molecule is COC(=O)c1ccc(C(=O)N(C)c2ccc(C(=O)Nc3ccc(C=Cc4ccccc4F)cc3C(=O)OC)cc2)cc1. The number of esters is 2. The average Bonchev–Trinajstić information content (AvgIpc) is 3.03. The minimum Gasteiger partial charge on any atom is -0.465 e. The van der Waals surface area contributed by atoms with Crippen LogP contribution in [0, 0.1) is 5.82 Å². The van der Waals surface area contributed by atoms with Gasteiger partial charge >= 0.3 is 11.9 Å². The highest BCUT2D eigenvalue weighted by molar-refractivity contribution is 6.09. The number of nitrogens with zero attached hydrogens (tertiary/aromatic N) is 1. The van der Waals surface area contributed by atoms with E-state index in [-0.39, 0.29) is 23.0 Å². The molecule has 2 amide bonds. The lowest BCUT2D eigenvalue weighted by atomic mass is 10.1. The van der Waals surface area contributed by atoms with E-state index >= 15 is 0 Å². The van der Waals surface area contributed by atoms with Gasteiger partial charge in [0.25, 0.3) is 11.8 Å². The van der Waals surface area contributed by atoms with Crippen LogP contribution >= 0.6 is 0 Å². The highest BCUT2D eigenvalue weighted by atomic mass is 19.1. The number of hydrogen-bond acceptors (Lipinski definition) is 6. The fourth-order valence-corrected chi connectivity index (χ4v) is 4.06. The van der Waals surface area contributed by atoms with Crippen LogP contribution in [0.5, 0.6) is 0 Å². The van der Waals surface area contributed by atoms with Gasteiger partial charge < -0.3 is 19.7 Å². The van der Waals surface area contributed by atoms with E-state index in [2.05, 4.69) is 10.1 Å². The number of hydrogen-bond donors (Lipinski definition) is 1. The van der Waals surface area contributed by atoms with Gasteiger partial charge in [0.15, 0.2) is 0 Å². The Morgan fingerprint density at radius 2 is 1.36 bits per heavy atom. The molecule has 0 fully saturated rings. The molecule has 0 aliphatic rings. The topological polar surface area (TPSA) is 102 Å². The molecule has 4 rings (SSSR count). The van der Waals surface area contributed by atoms with E-state index in [4.69, 9.17) is 4.74 Å². The first-order valence-electron chi connectivity index (χ1n) is 12.7. The Bertz CT molecular complexity index is 1660. The van der Waals surface area contributed by atoms with Crippen molar-refractivity contribution < 1.29 is 33.0 Å². The number of benzene rings is 4. The molecule has 0 unspecified atom stereocenters. The van der Waals surface area contributed by atoms with Crippen LogP contribution < -0.4 is 10.2 Å². The number of nitrogens with one attached hydrogen (secondary N) is 1. The lowest BCUT2D eigenvalue weighted by Gasteiger charge is -2.18. The van der Waals surface area contributed by atoms with E-state index in [0.29, 0.717) is 33.5 Å². The summed E-state index contributed by atoms with van der Waals surface area (Å²) < 4.78 is 23.5. The first kappa shape index (κ1) is 29.4. The van der Waals surface area contributed by atoms with Crippen molar-refractivity contribution in [1.29, 1.82) is 0 Å². The van der Waals surface area contributed by atoms with Crippen molar-refractivity contribution in [1.82, 2.24) is 0 Å². The van der Waals surface area contributed by atoms with Crippen LogP contribution in [0.15, 0.2) is 91.0 Å². The molecule has 0 radical (unpaired) electrons. The van der Waals surface area contributed by atoms with Crippen LogP contribution in [0.25, 0.3) is 12.2 Å². The summed E-state index contributed by atoms with van der Waals surface area (Å²) in [5, 5.41) is 2.73. The fourth-order valence-electron chi connectivity index (χ4n) is 4.06. The normalized spacial score (nSPS) is 10.7. The molecule has 0 heterocycles. The van der Waals surface area contributed by atoms with Crippen molar-refractivity contribution in [3.05, 3.63) is 130 Å². The smallest absolute Gasteiger partial charge is 0.339 e. The highest BCUT2D eigenvalue weighted by Gasteiger charge is 2.18. The summed E-state index contributed by atoms with van der Waals surface area (Å²) in [7, 11) is 4.11. The van der Waals surface area contributed by atoms with Crippen LogP contribution in [0.4, 0.5) is 15.8 Å². The molecule has 0 aromatic heterocycles. The summed E-state index contributed by atoms with van der Waals surface area (Å²) in [4.78, 5) is 51.5. The van der Waals surface area contributed by atoms with Crippen molar-refractivity contribution in [2.75, 3.05) is 31.5 Å². The molecular formula is C33H27FN2O6. The standard InChI is InChI=1S/C33H27FN2O6/c1-36(31(38)24-11-13-25(14-12-24)32(39)41-2)26-17-15-23(16-18-26)30(37)35-29-19-9-21(20-27(29)33(40)42-3)8-10-22-6-4-5-7-28(22)34/h4-20H,1-3H3,(H,35,37). The van der Waals surface area contributed by atoms with Crippen molar-refractivity contribution in [2.24, 2.45) is 0 Å². The van der Waals surface area contributed by atoms with Crippen LogP contribution in [0.3, 0.4) is 0 Å². The number of ether oxygens (including phenoxy) is 2. The Balaban J connectivity index is 1.48. The predicted molar refractivity (Wildman–Crippen MR) is 158 cm³/mol. The van der Waals surface area contributed by atoms with Crippen molar-refractivity contribution in [3.8, 4) is 0 Å². The lowest BCUT2D eigenvalue weighted by molar-refractivity contribution is 0.0592. The molecule has 212 valence electrons. The summed E-state index contributed by atoms with van der Waals surface area (Å²) in [6.45, 7) is 0. The third kappa shape index (κ3) is 6.76. The number of carbonyl (C=O) groups excluding carboxylic acids is 4. The van der Waals surface area contributed by atoms with Crippen LogP contribution in [-0.4, -0.2) is 45.0 Å². The molecule has 0 bridgehead atoms. The number of amides is 2. The Morgan fingerprint density at radius 3 is 2.00 bits per heavy atom. The van der Waals surface area contributed by atoms with Gasteiger partial charge in [0, 0.05) is 29.4 Å². The minimum atomic E-state index is -0.651. The molecule has 8 nitrogen and oxygen atoms in total. The molecule has 0 atom stereocenters. The van der Waals surface area contributed by atoms with Gasteiger partial charge in [0.2, 0.25) is 0 Å². The minimum absolute atomic E-state index is 0.127. The number of rotatable bonds is 8. The van der Waals surface area contributed by atoms with E-state index in [0.717, 1.165) is 0 Å². The third-order valence-corrected chi connectivity index (χ3v) is 6.43. The fraction of sp³-hybridized carbons (Fsp3) is 0.0909. The van der Waals surface area contributed by atoms with Gasteiger partial charge in [-0.2, -0.15) is 0 Å². The molecule has 0 aliphatic carbocycles. The van der Waals surface area contributed by atoms with Crippen molar-refractivity contribution in [2.45, 2.75) is 0 Å². The molecule has 0 saturated carbocycles. The van der Waals surface area contributed by atoms with Crippen molar-refractivity contribution in [3.63, 3.8) is 0 Å². The van der Waals surface area contributed by atoms with Gasteiger partial charge in [-0.25, -0.2) is 14.0 Å². The molecule has 9 heteroatoms. The van der Waals surface area contributed by atoms with E-state index in [9.17, 15) is 23.6 Å². The van der Waals surface area contributed by atoms with Crippen molar-refractivity contribution >= 4 is 47.3 Å². The second-order valence-electron chi connectivity index (χ2n) is 9.09. The summed E-state index contributed by atoms with van der Waals surface area (Å²) in [5.74, 6) is -2.31. The molecule has 0 aliphatic heterocycles. The third-order valence-electron chi connectivity index (χ3n) is 6.43. The van der Waals surface area contributed by atoms with Crippen LogP contribution in [-0.2, 0) is 9.47 Å². The average molecular weight is 567 g/mol. The Morgan fingerprint density at radius 1 is 0.738 bits per heavy atom. The second-order valence-corrected chi connectivity index (χ2v) is 9.09. The first-order valence-corrected chi connectivity index (χ1v) is 12.7. The van der Waals surface area contributed by atoms with Gasteiger partial charge in [0.05, 0.1) is 31.0 Å². The molecule has 1 N–H and O–H groups in total. The zero-order valence-corrected chi connectivity index (χ0v) is 23.1. The molecule has 42 heavy (non-hydrogen) atoms. The predicted octanol–water partition coefficient (Wildman–Crippen LogP) is 6.10. The molecule has 0 saturated heterocycles. The molecule has 0 spiro atoms. The highest BCUT2D eigenvalue weighted by Crippen LogP contribution is 2.23. The van der Waals surface area contributed by atoms with Gasteiger partial charge in [-0.05, 0) is 72.3 Å². The number of halogens is 1. The van der Waals surface area contributed by atoms with Crippen LogP contribution in [0.1, 0.15) is 52.6 Å². The number of anilines is 2. The summed E-state index contributed by atoms with van der Waals surface area (Å²) in [5.41, 5.74) is 2.89. The molecule has 4 aromatic rings. The van der Waals surface area contributed by atoms with E-state index < -0.39 is 17.8 Å².